The van der Waals surface area contributed by atoms with Crippen LogP contribution in [0.3, 0.4) is 0 Å². The highest BCUT2D eigenvalue weighted by molar-refractivity contribution is 5.49. The minimum Gasteiger partial charge on any atom is -0.466 e. The third-order valence-electron chi connectivity index (χ3n) is 4.30. The molecule has 6 heteroatoms. The quantitative estimate of drug-likeness (QED) is 0.883. The Balaban J connectivity index is 1.66. The molecule has 0 radical (unpaired) electrons. The third kappa shape index (κ3) is 3.82. The Morgan fingerprint density at radius 3 is 3.09 bits per heavy atom. The first-order valence-corrected chi connectivity index (χ1v) is 8.12. The molecule has 0 aromatic carbocycles. The molecule has 2 N–H and O–H groups in total. The molecule has 0 saturated carbocycles. The molecule has 3 rings (SSSR count). The molecule has 3 heterocycles. The summed E-state index contributed by atoms with van der Waals surface area (Å²) < 4.78 is 5.29. The van der Waals surface area contributed by atoms with Crippen molar-refractivity contribution in [3.05, 3.63) is 36.5 Å². The molecular weight excluding hydrogens is 292 g/mol. The second-order valence-corrected chi connectivity index (χ2v) is 6.56. The normalized spacial score (nSPS) is 21.0. The molecule has 1 fully saturated rings. The smallest absolute Gasteiger partial charge is 0.136 e. The lowest BCUT2D eigenvalue weighted by Gasteiger charge is -2.32. The van der Waals surface area contributed by atoms with E-state index in [9.17, 15) is 5.11 Å². The molecule has 0 aliphatic carbocycles. The Morgan fingerprint density at radius 1 is 1.48 bits per heavy atom. The summed E-state index contributed by atoms with van der Waals surface area (Å²) in [5.74, 6) is 2.87. The van der Waals surface area contributed by atoms with Gasteiger partial charge in [-0.05, 0) is 37.8 Å². The molecule has 2 aromatic rings. The fourth-order valence-electron chi connectivity index (χ4n) is 2.95. The van der Waals surface area contributed by atoms with Crippen LogP contribution in [-0.4, -0.2) is 34.7 Å². The molecule has 1 aliphatic rings. The first kappa shape index (κ1) is 15.8. The lowest BCUT2D eigenvalue weighted by atomic mass is 10.0. The van der Waals surface area contributed by atoms with E-state index in [-0.39, 0.29) is 0 Å². The van der Waals surface area contributed by atoms with E-state index < -0.39 is 5.60 Å². The number of nitrogens with zero attached hydrogens (tertiary/aromatic N) is 3. The fraction of sp³-hybridized carbons (Fsp3) is 0.529. The molecule has 0 bridgehead atoms. The van der Waals surface area contributed by atoms with Crippen molar-refractivity contribution < 1.29 is 9.52 Å². The number of aromatic nitrogens is 2. The zero-order chi connectivity index (χ0) is 16.3. The summed E-state index contributed by atoms with van der Waals surface area (Å²) in [5.41, 5.74) is -1.09. The minimum absolute atomic E-state index is 0.313. The molecule has 23 heavy (non-hydrogen) atoms. The van der Waals surface area contributed by atoms with E-state index in [2.05, 4.69) is 27.1 Å². The van der Waals surface area contributed by atoms with Crippen LogP contribution in [0.25, 0.3) is 0 Å². The number of hydrogen-bond acceptors (Lipinski definition) is 6. The van der Waals surface area contributed by atoms with Gasteiger partial charge in [-0.15, -0.1) is 0 Å². The van der Waals surface area contributed by atoms with Crippen LogP contribution >= 0.6 is 0 Å². The van der Waals surface area contributed by atoms with Gasteiger partial charge >= 0.3 is 0 Å². The molecule has 6 nitrogen and oxygen atoms in total. The largest absolute Gasteiger partial charge is 0.466 e. The zero-order valence-corrected chi connectivity index (χ0v) is 13.7. The predicted octanol–water partition coefficient (Wildman–Crippen LogP) is 2.63. The van der Waals surface area contributed by atoms with Crippen molar-refractivity contribution in [1.82, 2.24) is 9.97 Å². The van der Waals surface area contributed by atoms with Gasteiger partial charge in [-0.2, -0.15) is 0 Å². The van der Waals surface area contributed by atoms with Gasteiger partial charge in [0.1, 0.15) is 29.3 Å². The summed E-state index contributed by atoms with van der Waals surface area (Å²) in [6.07, 6.45) is 5.60. The minimum atomic E-state index is -1.09. The van der Waals surface area contributed by atoms with Crippen LogP contribution in [0.1, 0.15) is 32.4 Å². The van der Waals surface area contributed by atoms with E-state index in [4.69, 9.17) is 4.42 Å². The van der Waals surface area contributed by atoms with Crippen molar-refractivity contribution >= 4 is 11.6 Å². The average molecular weight is 316 g/mol. The summed E-state index contributed by atoms with van der Waals surface area (Å²) >= 11 is 0. The Kier molecular flexibility index (Phi) is 4.52. The maximum absolute atomic E-state index is 10.5. The van der Waals surface area contributed by atoms with Gasteiger partial charge in [0, 0.05) is 19.2 Å². The Bertz CT molecular complexity index is 627. The van der Waals surface area contributed by atoms with Gasteiger partial charge < -0.3 is 19.7 Å². The predicted molar refractivity (Wildman–Crippen MR) is 89.4 cm³/mol. The number of aliphatic hydroxyl groups is 1. The summed E-state index contributed by atoms with van der Waals surface area (Å²) in [7, 11) is 0. The molecule has 0 amide bonds. The van der Waals surface area contributed by atoms with Gasteiger partial charge in [-0.3, -0.25) is 0 Å². The van der Waals surface area contributed by atoms with E-state index in [0.29, 0.717) is 24.0 Å². The maximum atomic E-state index is 10.5. The van der Waals surface area contributed by atoms with Crippen molar-refractivity contribution in [3.8, 4) is 0 Å². The van der Waals surface area contributed by atoms with Crippen LogP contribution in [0.15, 0.2) is 35.2 Å². The Labute approximate surface area is 136 Å². The average Bonchev–Trinajstić information content (AvgIpc) is 3.09. The van der Waals surface area contributed by atoms with E-state index in [1.54, 1.807) is 31.6 Å². The summed E-state index contributed by atoms with van der Waals surface area (Å²) in [5, 5.41) is 13.7. The van der Waals surface area contributed by atoms with Crippen molar-refractivity contribution in [2.24, 2.45) is 5.92 Å². The topological polar surface area (TPSA) is 74.4 Å². The van der Waals surface area contributed by atoms with Gasteiger partial charge in [0.05, 0.1) is 12.8 Å². The molecule has 0 spiro atoms. The fourth-order valence-corrected chi connectivity index (χ4v) is 2.95. The van der Waals surface area contributed by atoms with Gasteiger partial charge in [0.15, 0.2) is 0 Å². The number of hydrogen-bond donors (Lipinski definition) is 2. The highest BCUT2D eigenvalue weighted by Gasteiger charge is 2.26. The van der Waals surface area contributed by atoms with Crippen molar-refractivity contribution in [1.29, 1.82) is 0 Å². The number of anilines is 2. The van der Waals surface area contributed by atoms with Crippen molar-refractivity contribution in [3.63, 3.8) is 0 Å². The Morgan fingerprint density at radius 2 is 2.35 bits per heavy atom. The van der Waals surface area contributed by atoms with E-state index in [0.717, 1.165) is 18.9 Å². The standard InChI is InChI=1S/C17H24N4O2/c1-13-5-3-7-21(10-13)16-9-15(19-12-20-16)18-11-17(2,22)14-6-4-8-23-14/h4,6,8-9,12-13,22H,3,5,7,10-11H2,1-2H3,(H,18,19,20). The van der Waals surface area contributed by atoms with E-state index >= 15 is 0 Å². The number of furan rings is 1. The van der Waals surface area contributed by atoms with Gasteiger partial charge in [0.25, 0.3) is 0 Å². The van der Waals surface area contributed by atoms with Crippen LogP contribution < -0.4 is 10.2 Å². The first-order valence-electron chi connectivity index (χ1n) is 8.12. The second kappa shape index (κ2) is 6.58. The molecule has 2 aromatic heterocycles. The third-order valence-corrected chi connectivity index (χ3v) is 4.30. The molecule has 2 atom stereocenters. The molecule has 124 valence electrons. The lowest BCUT2D eigenvalue weighted by Crippen LogP contribution is -2.35. The Hall–Kier alpha value is -2.08. The zero-order valence-electron chi connectivity index (χ0n) is 13.7. The summed E-state index contributed by atoms with van der Waals surface area (Å²) in [6.45, 7) is 6.36. The van der Waals surface area contributed by atoms with Gasteiger partial charge in [-0.1, -0.05) is 6.92 Å². The monoisotopic (exact) mass is 316 g/mol. The highest BCUT2D eigenvalue weighted by atomic mass is 16.4. The number of rotatable bonds is 5. The second-order valence-electron chi connectivity index (χ2n) is 6.56. The SMILES string of the molecule is CC1CCCN(c2cc(NCC(C)(O)c3ccco3)ncn2)C1. The molecule has 1 aliphatic heterocycles. The van der Waals surface area contributed by atoms with Crippen LogP contribution in [0, 0.1) is 5.92 Å². The van der Waals surface area contributed by atoms with Gasteiger partial charge in [-0.25, -0.2) is 9.97 Å². The van der Waals surface area contributed by atoms with E-state index in [1.807, 2.05) is 6.07 Å². The first-order chi connectivity index (χ1) is 11.0. The summed E-state index contributed by atoms with van der Waals surface area (Å²) in [4.78, 5) is 10.9. The van der Waals surface area contributed by atoms with Crippen molar-refractivity contribution in [2.75, 3.05) is 29.9 Å². The van der Waals surface area contributed by atoms with Crippen LogP contribution in [-0.2, 0) is 5.60 Å². The lowest BCUT2D eigenvalue weighted by molar-refractivity contribution is 0.0476. The van der Waals surface area contributed by atoms with Crippen LogP contribution in [0.4, 0.5) is 11.6 Å². The molecule has 2 unspecified atom stereocenters. The summed E-state index contributed by atoms with van der Waals surface area (Å²) in [6, 6.07) is 5.47. The van der Waals surface area contributed by atoms with Crippen LogP contribution in [0.5, 0.6) is 0 Å². The number of piperidine rings is 1. The molecule has 1 saturated heterocycles. The highest BCUT2D eigenvalue weighted by Crippen LogP contribution is 2.24. The van der Waals surface area contributed by atoms with E-state index in [1.165, 1.54) is 12.8 Å². The van der Waals surface area contributed by atoms with Crippen LogP contribution in [0.2, 0.25) is 0 Å². The maximum Gasteiger partial charge on any atom is 0.136 e. The molecular formula is C17H24N4O2. The van der Waals surface area contributed by atoms with Gasteiger partial charge in [0.2, 0.25) is 0 Å². The number of nitrogens with one attached hydrogen (secondary N) is 1. The van der Waals surface area contributed by atoms with Crippen molar-refractivity contribution in [2.45, 2.75) is 32.3 Å².